The molecule has 6 nitrogen and oxygen atoms in total. The summed E-state index contributed by atoms with van der Waals surface area (Å²) in [5, 5.41) is 4.48. The maximum atomic E-state index is 13.0. The maximum Gasteiger partial charge on any atom is 0.233 e. The summed E-state index contributed by atoms with van der Waals surface area (Å²) in [5.74, 6) is -0.0170. The molecule has 3 aromatic heterocycles. The zero-order valence-corrected chi connectivity index (χ0v) is 19.7. The number of hydrogen-bond acceptors (Lipinski definition) is 5. The molecular formula is C24H20BrN5OS. The molecule has 5 aromatic rings. The minimum absolute atomic E-state index is 0.0170. The summed E-state index contributed by atoms with van der Waals surface area (Å²) < 4.78 is 3.04. The molecule has 160 valence electrons. The van der Waals surface area contributed by atoms with Gasteiger partial charge in [-0.1, -0.05) is 52.8 Å². The van der Waals surface area contributed by atoms with Gasteiger partial charge in [0, 0.05) is 28.8 Å². The average molecular weight is 506 g/mol. The van der Waals surface area contributed by atoms with Gasteiger partial charge in [0.2, 0.25) is 5.91 Å². The summed E-state index contributed by atoms with van der Waals surface area (Å²) in [6.45, 7) is 2.47. The molecule has 0 saturated heterocycles. The predicted molar refractivity (Wildman–Crippen MR) is 132 cm³/mol. The van der Waals surface area contributed by atoms with E-state index in [1.54, 1.807) is 12.4 Å². The smallest absolute Gasteiger partial charge is 0.233 e. The number of carbonyl (C=O) groups is 1. The lowest BCUT2D eigenvalue weighted by Gasteiger charge is -2.16. The minimum Gasteiger partial charge on any atom is -0.351 e. The second kappa shape index (κ2) is 8.88. The standard InChI is InChI=1S/C24H20BrN5OS/c1-2-21(23(31)27-14-15-6-5-11-26-13-15)32-24-29-18-10-9-16(25)12-17(18)22-28-19-7-3-4-8-20(19)30(22)24/h3-13,21H,2,14H2,1H3,(H,27,31)/t21-/m1/s1. The molecule has 0 aliphatic rings. The quantitative estimate of drug-likeness (QED) is 0.247. The van der Waals surface area contributed by atoms with E-state index in [2.05, 4.69) is 30.6 Å². The molecule has 0 aliphatic heterocycles. The lowest BCUT2D eigenvalue weighted by molar-refractivity contribution is -0.120. The SMILES string of the molecule is CC[C@@H](Sc1nc2ccc(Br)cc2c2nc3ccccc3n12)C(=O)NCc1cccnc1. The number of aromatic nitrogens is 4. The number of thioether (sulfide) groups is 1. The first-order chi connectivity index (χ1) is 15.6. The number of pyridine rings is 1. The average Bonchev–Trinajstić information content (AvgIpc) is 3.22. The summed E-state index contributed by atoms with van der Waals surface area (Å²) in [5.41, 5.74) is 4.54. The Balaban J connectivity index is 1.54. The van der Waals surface area contributed by atoms with Gasteiger partial charge >= 0.3 is 0 Å². The molecule has 0 aliphatic carbocycles. The molecule has 1 atom stereocenters. The molecule has 5 rings (SSSR count). The molecule has 0 bridgehead atoms. The van der Waals surface area contributed by atoms with E-state index >= 15 is 0 Å². The predicted octanol–water partition coefficient (Wildman–Crippen LogP) is 5.38. The summed E-state index contributed by atoms with van der Waals surface area (Å²) >= 11 is 5.03. The molecule has 3 heterocycles. The summed E-state index contributed by atoms with van der Waals surface area (Å²) in [4.78, 5) is 26.9. The van der Waals surface area contributed by atoms with Gasteiger partial charge in [0.15, 0.2) is 5.16 Å². The first-order valence-electron chi connectivity index (χ1n) is 10.3. The van der Waals surface area contributed by atoms with Gasteiger partial charge in [-0.2, -0.15) is 0 Å². The van der Waals surface area contributed by atoms with Crippen LogP contribution in [-0.2, 0) is 11.3 Å². The first-order valence-corrected chi connectivity index (χ1v) is 12.0. The van der Waals surface area contributed by atoms with Gasteiger partial charge in [-0.05, 0) is 48.4 Å². The van der Waals surface area contributed by atoms with Crippen molar-refractivity contribution in [3.05, 3.63) is 77.0 Å². The van der Waals surface area contributed by atoms with Crippen LogP contribution in [0.4, 0.5) is 0 Å². The van der Waals surface area contributed by atoms with Crippen molar-refractivity contribution in [1.82, 2.24) is 24.7 Å². The van der Waals surface area contributed by atoms with Crippen LogP contribution in [0.5, 0.6) is 0 Å². The Morgan fingerprint density at radius 2 is 2.00 bits per heavy atom. The van der Waals surface area contributed by atoms with Gasteiger partial charge in [0.25, 0.3) is 0 Å². The fourth-order valence-electron chi connectivity index (χ4n) is 3.67. The number of amides is 1. The number of rotatable bonds is 6. The number of nitrogens with one attached hydrogen (secondary N) is 1. The molecule has 32 heavy (non-hydrogen) atoms. The molecule has 0 radical (unpaired) electrons. The van der Waals surface area contributed by atoms with E-state index in [9.17, 15) is 4.79 Å². The summed E-state index contributed by atoms with van der Waals surface area (Å²) in [7, 11) is 0. The van der Waals surface area contributed by atoms with E-state index in [4.69, 9.17) is 9.97 Å². The van der Waals surface area contributed by atoms with Crippen molar-refractivity contribution in [2.75, 3.05) is 0 Å². The molecule has 1 N–H and O–H groups in total. The van der Waals surface area contributed by atoms with Crippen LogP contribution in [-0.4, -0.2) is 30.5 Å². The van der Waals surface area contributed by atoms with Crippen LogP contribution in [0.2, 0.25) is 0 Å². The molecular weight excluding hydrogens is 486 g/mol. The Kier molecular flexibility index (Phi) is 5.80. The second-order valence-corrected chi connectivity index (χ2v) is 9.49. The van der Waals surface area contributed by atoms with Crippen LogP contribution >= 0.6 is 27.7 Å². The number of nitrogens with zero attached hydrogens (tertiary/aromatic N) is 4. The second-order valence-electron chi connectivity index (χ2n) is 7.41. The fraction of sp³-hybridized carbons (Fsp3) is 0.167. The fourth-order valence-corrected chi connectivity index (χ4v) is 5.09. The third-order valence-corrected chi connectivity index (χ3v) is 7.08. The zero-order chi connectivity index (χ0) is 22.1. The third-order valence-electron chi connectivity index (χ3n) is 5.27. The van der Waals surface area contributed by atoms with Crippen molar-refractivity contribution in [3.63, 3.8) is 0 Å². The van der Waals surface area contributed by atoms with Crippen molar-refractivity contribution in [1.29, 1.82) is 0 Å². The van der Waals surface area contributed by atoms with Crippen molar-refractivity contribution in [3.8, 4) is 0 Å². The van der Waals surface area contributed by atoms with Gasteiger partial charge in [-0.25, -0.2) is 9.97 Å². The van der Waals surface area contributed by atoms with Crippen molar-refractivity contribution in [2.45, 2.75) is 30.3 Å². The monoisotopic (exact) mass is 505 g/mol. The van der Waals surface area contributed by atoms with E-state index in [0.29, 0.717) is 13.0 Å². The van der Waals surface area contributed by atoms with Crippen LogP contribution in [0.3, 0.4) is 0 Å². The lowest BCUT2D eigenvalue weighted by atomic mass is 10.2. The number of para-hydroxylation sites is 2. The van der Waals surface area contributed by atoms with E-state index < -0.39 is 0 Å². The van der Waals surface area contributed by atoms with Gasteiger partial charge in [-0.3, -0.25) is 14.2 Å². The Morgan fingerprint density at radius 1 is 1.12 bits per heavy atom. The van der Waals surface area contributed by atoms with Gasteiger partial charge in [0.1, 0.15) is 5.65 Å². The van der Waals surface area contributed by atoms with Crippen LogP contribution < -0.4 is 5.32 Å². The molecule has 0 fully saturated rings. The maximum absolute atomic E-state index is 13.0. The van der Waals surface area contributed by atoms with E-state index in [1.807, 2.05) is 61.5 Å². The van der Waals surface area contributed by atoms with Crippen LogP contribution in [0.15, 0.2) is 76.6 Å². The van der Waals surface area contributed by atoms with Gasteiger partial charge in [-0.15, -0.1) is 0 Å². The van der Waals surface area contributed by atoms with Crippen LogP contribution in [0.25, 0.3) is 27.6 Å². The largest absolute Gasteiger partial charge is 0.351 e. The molecule has 0 saturated carbocycles. The number of fused-ring (bicyclic) bond motifs is 5. The highest BCUT2D eigenvalue weighted by Crippen LogP contribution is 2.32. The molecule has 0 unspecified atom stereocenters. The summed E-state index contributed by atoms with van der Waals surface area (Å²) in [6, 6.07) is 17.8. The van der Waals surface area contributed by atoms with Crippen LogP contribution in [0.1, 0.15) is 18.9 Å². The van der Waals surface area contributed by atoms with Crippen molar-refractivity contribution < 1.29 is 4.79 Å². The number of halogens is 1. The van der Waals surface area contributed by atoms with Gasteiger partial charge < -0.3 is 5.32 Å². The molecule has 8 heteroatoms. The number of imidazole rings is 1. The Hall–Kier alpha value is -2.97. The topological polar surface area (TPSA) is 72.2 Å². The highest BCUT2D eigenvalue weighted by atomic mass is 79.9. The van der Waals surface area contributed by atoms with E-state index in [0.717, 1.165) is 42.8 Å². The lowest BCUT2D eigenvalue weighted by Crippen LogP contribution is -2.32. The molecule has 1 amide bonds. The van der Waals surface area contributed by atoms with Crippen molar-refractivity contribution in [2.24, 2.45) is 0 Å². The van der Waals surface area contributed by atoms with Crippen LogP contribution in [0, 0.1) is 0 Å². The van der Waals surface area contributed by atoms with Gasteiger partial charge in [0.05, 0.1) is 21.8 Å². The van der Waals surface area contributed by atoms with E-state index in [1.165, 1.54) is 11.8 Å². The Labute approximate surface area is 197 Å². The Bertz CT molecular complexity index is 1440. The normalized spacial score (nSPS) is 12.4. The number of carbonyl (C=O) groups excluding carboxylic acids is 1. The highest BCUT2D eigenvalue weighted by Gasteiger charge is 2.22. The summed E-state index contributed by atoms with van der Waals surface area (Å²) in [6.07, 6.45) is 4.16. The minimum atomic E-state index is -0.281. The molecule has 2 aromatic carbocycles. The zero-order valence-electron chi connectivity index (χ0n) is 17.3. The highest BCUT2D eigenvalue weighted by molar-refractivity contribution is 9.10. The van der Waals surface area contributed by atoms with E-state index in [-0.39, 0.29) is 11.2 Å². The Morgan fingerprint density at radius 3 is 2.81 bits per heavy atom. The molecule has 0 spiro atoms. The number of benzene rings is 2. The number of hydrogen-bond donors (Lipinski definition) is 1. The van der Waals surface area contributed by atoms with Crippen molar-refractivity contribution >= 4 is 61.2 Å². The third kappa shape index (κ3) is 3.96. The first kappa shape index (κ1) is 20.9.